The van der Waals surface area contributed by atoms with Crippen molar-refractivity contribution in [1.82, 2.24) is 4.98 Å². The van der Waals surface area contributed by atoms with E-state index >= 15 is 0 Å². The van der Waals surface area contributed by atoms with E-state index in [1.54, 1.807) is 12.1 Å². The number of nitrogens with zero attached hydrogens (tertiary/aromatic N) is 1. The molecule has 20 heavy (non-hydrogen) atoms. The van der Waals surface area contributed by atoms with Crippen LogP contribution in [0.4, 0.5) is 10.1 Å². The Morgan fingerprint density at radius 1 is 1.30 bits per heavy atom. The van der Waals surface area contributed by atoms with Crippen LogP contribution in [0, 0.1) is 17.7 Å². The maximum atomic E-state index is 13.2. The Bertz CT molecular complexity index is 675. The standard InChI is InChI=1S/C15H11FN2O2/c16-13-3-4-14(12(10-13)2-1-9-19)18-15(20)11-5-7-17-8-6-11/h3-8,10,19H,9H2,(H,18,20). The van der Waals surface area contributed by atoms with Crippen LogP contribution in [0.1, 0.15) is 15.9 Å². The molecule has 0 spiro atoms. The van der Waals surface area contributed by atoms with Crippen LogP contribution in [0.15, 0.2) is 42.7 Å². The molecule has 0 unspecified atom stereocenters. The first kappa shape index (κ1) is 13.7. The third kappa shape index (κ3) is 3.40. The lowest BCUT2D eigenvalue weighted by Crippen LogP contribution is -2.13. The minimum atomic E-state index is -0.464. The van der Waals surface area contributed by atoms with Crippen molar-refractivity contribution in [2.45, 2.75) is 0 Å². The number of aliphatic hydroxyl groups is 1. The first-order valence-electron chi connectivity index (χ1n) is 5.81. The summed E-state index contributed by atoms with van der Waals surface area (Å²) in [6.07, 6.45) is 3.01. The third-order valence-electron chi connectivity index (χ3n) is 2.47. The van der Waals surface area contributed by atoms with E-state index in [1.165, 1.54) is 30.6 Å². The van der Waals surface area contributed by atoms with E-state index in [9.17, 15) is 9.18 Å². The number of pyridine rings is 1. The van der Waals surface area contributed by atoms with Crippen LogP contribution in [-0.2, 0) is 0 Å². The first-order chi connectivity index (χ1) is 9.70. The zero-order valence-corrected chi connectivity index (χ0v) is 10.4. The lowest BCUT2D eigenvalue weighted by molar-refractivity contribution is 0.102. The average molecular weight is 270 g/mol. The molecule has 0 saturated heterocycles. The fourth-order valence-electron chi connectivity index (χ4n) is 1.56. The summed E-state index contributed by atoms with van der Waals surface area (Å²) in [5.41, 5.74) is 1.13. The Hall–Kier alpha value is -2.71. The smallest absolute Gasteiger partial charge is 0.255 e. The molecule has 5 heteroatoms. The summed E-state index contributed by atoms with van der Waals surface area (Å²) in [4.78, 5) is 15.8. The number of amides is 1. The molecule has 0 atom stereocenters. The molecule has 0 aliphatic heterocycles. The Morgan fingerprint density at radius 3 is 2.75 bits per heavy atom. The van der Waals surface area contributed by atoms with Gasteiger partial charge in [-0.2, -0.15) is 0 Å². The van der Waals surface area contributed by atoms with Gasteiger partial charge in [-0.25, -0.2) is 4.39 Å². The van der Waals surface area contributed by atoms with Gasteiger partial charge in [-0.15, -0.1) is 0 Å². The van der Waals surface area contributed by atoms with Crippen LogP contribution in [0.2, 0.25) is 0 Å². The normalized spacial score (nSPS) is 9.50. The topological polar surface area (TPSA) is 62.2 Å². The predicted octanol–water partition coefficient (Wildman–Crippen LogP) is 1.82. The van der Waals surface area contributed by atoms with Crippen LogP contribution >= 0.6 is 0 Å². The molecule has 1 heterocycles. The monoisotopic (exact) mass is 270 g/mol. The van der Waals surface area contributed by atoms with E-state index in [2.05, 4.69) is 22.1 Å². The Morgan fingerprint density at radius 2 is 2.05 bits per heavy atom. The number of carbonyl (C=O) groups excluding carboxylic acids is 1. The zero-order chi connectivity index (χ0) is 14.4. The predicted molar refractivity (Wildman–Crippen MR) is 72.6 cm³/mol. The van der Waals surface area contributed by atoms with E-state index < -0.39 is 5.82 Å². The molecule has 0 aliphatic rings. The molecule has 1 aromatic carbocycles. The molecular weight excluding hydrogens is 259 g/mol. The lowest BCUT2D eigenvalue weighted by atomic mass is 10.1. The first-order valence-corrected chi connectivity index (χ1v) is 5.81. The highest BCUT2D eigenvalue weighted by Gasteiger charge is 2.08. The van der Waals surface area contributed by atoms with E-state index in [0.29, 0.717) is 16.8 Å². The highest BCUT2D eigenvalue weighted by atomic mass is 19.1. The summed E-state index contributed by atoms with van der Waals surface area (Å²) in [5, 5.41) is 11.3. The van der Waals surface area contributed by atoms with Gasteiger partial charge in [0.05, 0.1) is 11.3 Å². The highest BCUT2D eigenvalue weighted by molar-refractivity contribution is 6.04. The maximum Gasteiger partial charge on any atom is 0.255 e. The molecule has 2 aromatic rings. The van der Waals surface area contributed by atoms with Crippen molar-refractivity contribution in [3.05, 3.63) is 59.7 Å². The van der Waals surface area contributed by atoms with Gasteiger partial charge < -0.3 is 10.4 Å². The molecule has 0 bridgehead atoms. The second kappa shape index (κ2) is 6.45. The number of aliphatic hydroxyl groups excluding tert-OH is 1. The SMILES string of the molecule is O=C(Nc1ccc(F)cc1C#CCO)c1ccncc1. The van der Waals surface area contributed by atoms with Gasteiger partial charge in [0.2, 0.25) is 0 Å². The van der Waals surface area contributed by atoms with Crippen LogP contribution in [0.3, 0.4) is 0 Å². The lowest BCUT2D eigenvalue weighted by Gasteiger charge is -2.07. The summed E-state index contributed by atoms with van der Waals surface area (Å²) in [6.45, 7) is -0.339. The van der Waals surface area contributed by atoms with E-state index in [4.69, 9.17) is 5.11 Å². The number of hydrogen-bond donors (Lipinski definition) is 2. The maximum absolute atomic E-state index is 13.2. The number of hydrogen-bond acceptors (Lipinski definition) is 3. The van der Waals surface area contributed by atoms with Crippen molar-refractivity contribution < 1.29 is 14.3 Å². The molecule has 2 N–H and O–H groups in total. The second-order valence-corrected chi connectivity index (χ2v) is 3.84. The van der Waals surface area contributed by atoms with Crippen molar-refractivity contribution in [1.29, 1.82) is 0 Å². The van der Waals surface area contributed by atoms with Crippen molar-refractivity contribution in [3.63, 3.8) is 0 Å². The van der Waals surface area contributed by atoms with Gasteiger partial charge in [-0.05, 0) is 30.3 Å². The Labute approximate surface area is 115 Å². The van der Waals surface area contributed by atoms with E-state index in [-0.39, 0.29) is 12.5 Å². The summed E-state index contributed by atoms with van der Waals surface area (Å²) < 4.78 is 13.2. The quantitative estimate of drug-likeness (QED) is 0.818. The molecule has 0 saturated carbocycles. The molecule has 0 aliphatic carbocycles. The Kier molecular flexibility index (Phi) is 4.43. The summed E-state index contributed by atoms with van der Waals surface area (Å²) in [5.74, 6) is 4.21. The zero-order valence-electron chi connectivity index (χ0n) is 10.4. The minimum absolute atomic E-state index is 0.307. The van der Waals surface area contributed by atoms with Gasteiger partial charge in [0, 0.05) is 18.0 Å². The largest absolute Gasteiger partial charge is 0.384 e. The summed E-state index contributed by atoms with van der Waals surface area (Å²) in [6, 6.07) is 6.99. The highest BCUT2D eigenvalue weighted by Crippen LogP contribution is 2.17. The molecule has 2 rings (SSSR count). The molecule has 4 nitrogen and oxygen atoms in total. The van der Waals surface area contributed by atoms with Crippen molar-refractivity contribution >= 4 is 11.6 Å². The number of aromatic nitrogens is 1. The number of nitrogens with one attached hydrogen (secondary N) is 1. The Balaban J connectivity index is 2.27. The average Bonchev–Trinajstić information content (AvgIpc) is 2.48. The number of benzene rings is 1. The molecule has 100 valence electrons. The number of carbonyl (C=O) groups is 1. The molecular formula is C15H11FN2O2. The fourth-order valence-corrected chi connectivity index (χ4v) is 1.56. The third-order valence-corrected chi connectivity index (χ3v) is 2.47. The summed E-state index contributed by atoms with van der Waals surface area (Å²) in [7, 11) is 0. The van der Waals surface area contributed by atoms with Gasteiger partial charge in [-0.3, -0.25) is 9.78 Å². The number of rotatable bonds is 2. The molecule has 0 radical (unpaired) electrons. The van der Waals surface area contributed by atoms with Crippen LogP contribution < -0.4 is 5.32 Å². The molecule has 1 amide bonds. The van der Waals surface area contributed by atoms with Crippen molar-refractivity contribution in [2.24, 2.45) is 0 Å². The number of halogens is 1. The van der Waals surface area contributed by atoms with Gasteiger partial charge >= 0.3 is 0 Å². The van der Waals surface area contributed by atoms with Gasteiger partial charge in [0.15, 0.2) is 0 Å². The van der Waals surface area contributed by atoms with Gasteiger partial charge in [0.1, 0.15) is 12.4 Å². The van der Waals surface area contributed by atoms with E-state index in [0.717, 1.165) is 0 Å². The van der Waals surface area contributed by atoms with Crippen molar-refractivity contribution in [3.8, 4) is 11.8 Å². The molecule has 0 fully saturated rings. The van der Waals surface area contributed by atoms with E-state index in [1.807, 2.05) is 0 Å². The van der Waals surface area contributed by atoms with Crippen molar-refractivity contribution in [2.75, 3.05) is 11.9 Å². The molecule has 1 aromatic heterocycles. The van der Waals surface area contributed by atoms with Crippen LogP contribution in [-0.4, -0.2) is 22.6 Å². The van der Waals surface area contributed by atoms with Crippen LogP contribution in [0.5, 0.6) is 0 Å². The summed E-state index contributed by atoms with van der Waals surface area (Å²) >= 11 is 0. The van der Waals surface area contributed by atoms with Gasteiger partial charge in [-0.1, -0.05) is 11.8 Å². The van der Waals surface area contributed by atoms with Gasteiger partial charge in [0.25, 0.3) is 5.91 Å². The number of anilines is 1. The fraction of sp³-hybridized carbons (Fsp3) is 0.0667. The second-order valence-electron chi connectivity index (χ2n) is 3.84. The van der Waals surface area contributed by atoms with Crippen LogP contribution in [0.25, 0.3) is 0 Å². The minimum Gasteiger partial charge on any atom is -0.384 e.